The van der Waals surface area contributed by atoms with Crippen molar-refractivity contribution in [1.82, 2.24) is 4.98 Å². The Bertz CT molecular complexity index is 1210. The molecule has 0 bridgehead atoms. The van der Waals surface area contributed by atoms with Gasteiger partial charge in [-0.2, -0.15) is 0 Å². The van der Waals surface area contributed by atoms with Crippen molar-refractivity contribution in [2.24, 2.45) is 5.16 Å². The van der Waals surface area contributed by atoms with Crippen LogP contribution in [-0.4, -0.2) is 33.4 Å². The normalized spacial score (nSPS) is 11.4. The summed E-state index contributed by atoms with van der Waals surface area (Å²) in [6, 6.07) is 18.5. The lowest BCUT2D eigenvalue weighted by atomic mass is 10.0. The quantitative estimate of drug-likeness (QED) is 0.151. The van der Waals surface area contributed by atoms with Gasteiger partial charge in [0.05, 0.1) is 0 Å². The van der Waals surface area contributed by atoms with E-state index in [4.69, 9.17) is 32.8 Å². The van der Waals surface area contributed by atoms with E-state index in [9.17, 15) is 14.4 Å². The lowest BCUT2D eigenvalue weighted by Crippen LogP contribution is -2.37. The number of hydrogen-bond donors (Lipinski definition) is 1. The maximum absolute atomic E-state index is 13.1. The van der Waals surface area contributed by atoms with Crippen LogP contribution in [-0.2, 0) is 24.0 Å². The molecule has 1 aromatic heterocycles. The molecular weight excluding hydrogens is 549 g/mol. The molecule has 0 unspecified atom stereocenters. The minimum Gasteiger partial charge on any atom is -0.450 e. The average Bonchev–Trinajstić information content (AvgIpc) is 3.17. The molecular formula is C24H22Cl3N3O5S. The molecule has 0 fully saturated rings. The van der Waals surface area contributed by atoms with Crippen LogP contribution in [0.4, 0.5) is 5.00 Å². The van der Waals surface area contributed by atoms with Gasteiger partial charge in [0, 0.05) is 6.92 Å². The highest BCUT2D eigenvalue weighted by atomic mass is 35.5. The van der Waals surface area contributed by atoms with Crippen LogP contribution in [0.5, 0.6) is 0 Å². The zero-order valence-corrected chi connectivity index (χ0v) is 22.5. The summed E-state index contributed by atoms with van der Waals surface area (Å²) in [6.45, 7) is 4.15. The summed E-state index contributed by atoms with van der Waals surface area (Å²) in [4.78, 5) is 46.1. The molecule has 0 aliphatic heterocycles. The highest BCUT2D eigenvalue weighted by Crippen LogP contribution is 2.31. The summed E-state index contributed by atoms with van der Waals surface area (Å²) in [6.07, 6.45) is -0.699. The fourth-order valence-electron chi connectivity index (χ4n) is 2.90. The molecule has 8 nitrogen and oxygen atoms in total. The van der Waals surface area contributed by atoms with Crippen molar-refractivity contribution >= 4 is 74.8 Å². The lowest BCUT2D eigenvalue weighted by Gasteiger charge is -2.25. The van der Waals surface area contributed by atoms with Crippen molar-refractivity contribution in [3.05, 3.63) is 82.0 Å². The summed E-state index contributed by atoms with van der Waals surface area (Å²) >= 11 is 12.6. The largest absolute Gasteiger partial charge is 0.450 e. The molecule has 1 amide bonds. The van der Waals surface area contributed by atoms with E-state index in [2.05, 4.69) is 15.5 Å². The van der Waals surface area contributed by atoms with E-state index >= 15 is 0 Å². The Labute approximate surface area is 228 Å². The Morgan fingerprint density at radius 1 is 1.03 bits per heavy atom. The Morgan fingerprint density at radius 3 is 2.03 bits per heavy atom. The molecule has 0 aliphatic rings. The second-order valence-electron chi connectivity index (χ2n) is 7.75. The number of ether oxygens (including phenoxy) is 1. The monoisotopic (exact) mass is 569 g/mol. The molecule has 36 heavy (non-hydrogen) atoms. The number of esters is 1. The number of aromatic nitrogens is 1. The van der Waals surface area contributed by atoms with E-state index in [1.54, 1.807) is 0 Å². The van der Waals surface area contributed by atoms with Gasteiger partial charge in [0.15, 0.2) is 16.3 Å². The predicted octanol–water partition coefficient (Wildman–Crippen LogP) is 5.77. The second kappa shape index (κ2) is 12.8. The van der Waals surface area contributed by atoms with Gasteiger partial charge in [0.1, 0.15) is 10.7 Å². The smallest absolute Gasteiger partial charge is 0.353 e. The maximum Gasteiger partial charge on any atom is 0.353 e. The Kier molecular flexibility index (Phi) is 10.4. The number of oxime groups is 1. The predicted molar refractivity (Wildman–Crippen MR) is 142 cm³/mol. The number of nitrogens with one attached hydrogen (secondary N) is 1. The van der Waals surface area contributed by atoms with Crippen molar-refractivity contribution in [1.29, 1.82) is 0 Å². The van der Waals surface area contributed by atoms with Gasteiger partial charge in [0.2, 0.25) is 11.5 Å². The highest BCUT2D eigenvalue weighted by molar-refractivity contribution is 7.20. The number of hydrogen-bond acceptors (Lipinski definition) is 8. The zero-order chi connectivity index (χ0) is 25.6. The Hall–Kier alpha value is -2.98. The number of nitrogens with zero attached hydrogens (tertiary/aromatic N) is 2. The van der Waals surface area contributed by atoms with Gasteiger partial charge in [0.25, 0.3) is 5.24 Å². The zero-order valence-electron chi connectivity index (χ0n) is 19.4. The van der Waals surface area contributed by atoms with Gasteiger partial charge in [-0.3, -0.25) is 9.59 Å². The van der Waals surface area contributed by atoms with Gasteiger partial charge < -0.3 is 14.9 Å². The van der Waals surface area contributed by atoms with Gasteiger partial charge in [-0.05, 0) is 36.6 Å². The SMILES string of the molecule is CC(=O)Nc1sc(Cl)nc1C(=NOC(C)(C)C(=O)OC(c1ccccc1)c1ccccc1)C(=O)Cl.Cl. The number of halogens is 3. The van der Waals surface area contributed by atoms with Crippen LogP contribution in [0, 0.1) is 0 Å². The molecule has 190 valence electrons. The van der Waals surface area contributed by atoms with E-state index in [-0.39, 0.29) is 27.6 Å². The number of thiazole rings is 1. The molecule has 1 N–H and O–H groups in total. The van der Waals surface area contributed by atoms with Crippen LogP contribution in [0.25, 0.3) is 0 Å². The summed E-state index contributed by atoms with van der Waals surface area (Å²) in [5.74, 6) is -1.15. The summed E-state index contributed by atoms with van der Waals surface area (Å²) < 4.78 is 5.87. The van der Waals surface area contributed by atoms with Crippen molar-refractivity contribution < 1.29 is 24.0 Å². The third-order valence-corrected chi connectivity index (χ3v) is 5.84. The van der Waals surface area contributed by atoms with Gasteiger partial charge >= 0.3 is 5.97 Å². The Balaban J connectivity index is 0.00000456. The van der Waals surface area contributed by atoms with Crippen molar-refractivity contribution in [3.63, 3.8) is 0 Å². The van der Waals surface area contributed by atoms with E-state index in [1.165, 1.54) is 20.8 Å². The number of rotatable bonds is 9. The molecule has 0 atom stereocenters. The number of amides is 1. The minimum absolute atomic E-state index is 0. The first-order valence-electron chi connectivity index (χ1n) is 10.3. The van der Waals surface area contributed by atoms with Crippen LogP contribution in [0.1, 0.15) is 43.7 Å². The van der Waals surface area contributed by atoms with Crippen LogP contribution >= 0.6 is 46.9 Å². The van der Waals surface area contributed by atoms with Crippen LogP contribution in [0.3, 0.4) is 0 Å². The van der Waals surface area contributed by atoms with Crippen LogP contribution in [0.15, 0.2) is 65.8 Å². The molecule has 0 saturated carbocycles. The molecule has 3 aromatic rings. The van der Waals surface area contributed by atoms with Crippen LogP contribution in [0.2, 0.25) is 4.47 Å². The topological polar surface area (TPSA) is 107 Å². The van der Waals surface area contributed by atoms with Crippen LogP contribution < -0.4 is 5.32 Å². The van der Waals surface area contributed by atoms with Crippen molar-refractivity contribution in [2.75, 3.05) is 5.32 Å². The molecule has 3 rings (SSSR count). The van der Waals surface area contributed by atoms with Gasteiger partial charge in [-0.25, -0.2) is 9.78 Å². The maximum atomic E-state index is 13.1. The molecule has 12 heteroatoms. The summed E-state index contributed by atoms with van der Waals surface area (Å²) in [7, 11) is 0. The molecule has 0 radical (unpaired) electrons. The van der Waals surface area contributed by atoms with E-state index in [1.807, 2.05) is 60.7 Å². The first kappa shape index (κ1) is 29.3. The molecule has 1 heterocycles. The fraction of sp³-hybridized carbons (Fsp3) is 0.208. The third kappa shape index (κ3) is 7.51. The van der Waals surface area contributed by atoms with Crippen molar-refractivity contribution in [3.8, 4) is 0 Å². The van der Waals surface area contributed by atoms with Crippen molar-refractivity contribution in [2.45, 2.75) is 32.5 Å². The number of anilines is 1. The van der Waals surface area contributed by atoms with E-state index < -0.39 is 34.5 Å². The standard InChI is InChI=1S/C24H21Cl2N3O5S.ClH/c1-14(30)27-21-18(28-23(26)35-21)17(20(25)31)29-34-24(2,3)22(32)33-19(15-10-6-4-7-11-15)16-12-8-5-9-13-16;/h4-13,19H,1-3H3,(H,27,30);1H. The van der Waals surface area contributed by atoms with Gasteiger partial charge in [-0.15, -0.1) is 12.4 Å². The molecule has 0 saturated heterocycles. The average molecular weight is 571 g/mol. The Morgan fingerprint density at radius 2 is 1.56 bits per heavy atom. The fourth-order valence-corrected chi connectivity index (χ4v) is 4.08. The summed E-state index contributed by atoms with van der Waals surface area (Å²) in [5.41, 5.74) is -0.596. The molecule has 0 aliphatic carbocycles. The number of benzene rings is 2. The first-order chi connectivity index (χ1) is 16.6. The van der Waals surface area contributed by atoms with E-state index in [0.29, 0.717) is 0 Å². The summed E-state index contributed by atoms with van der Waals surface area (Å²) in [5, 5.41) is 5.43. The number of carbonyl (C=O) groups is 3. The molecule has 0 spiro atoms. The van der Waals surface area contributed by atoms with Gasteiger partial charge in [-0.1, -0.05) is 88.8 Å². The minimum atomic E-state index is -1.62. The first-order valence-corrected chi connectivity index (χ1v) is 11.9. The lowest BCUT2D eigenvalue weighted by molar-refractivity contribution is -0.172. The second-order valence-corrected chi connectivity index (χ2v) is 9.67. The number of carbonyl (C=O) groups excluding carboxylic acids is 3. The highest BCUT2D eigenvalue weighted by Gasteiger charge is 2.36. The molecule has 2 aromatic carbocycles. The third-order valence-electron chi connectivity index (χ3n) is 4.59. The van der Waals surface area contributed by atoms with E-state index in [0.717, 1.165) is 22.5 Å².